The van der Waals surface area contributed by atoms with Crippen molar-refractivity contribution in [3.05, 3.63) is 41.0 Å². The fraction of sp³-hybridized carbons (Fsp3) is 0.571. The number of ether oxygens (including phenoxy) is 3. The third-order valence-electron chi connectivity index (χ3n) is 7.36. The van der Waals surface area contributed by atoms with E-state index < -0.39 is 0 Å². The Morgan fingerprint density at radius 3 is 2.61 bits per heavy atom. The molecule has 0 bridgehead atoms. The Hall–Kier alpha value is -3.40. The molecule has 0 atom stereocenters. The smallest absolute Gasteiger partial charge is 0.219 e. The number of anilines is 1. The molecule has 3 aromatic rings. The van der Waals surface area contributed by atoms with Crippen molar-refractivity contribution < 1.29 is 23.7 Å². The van der Waals surface area contributed by atoms with Crippen LogP contribution in [0.25, 0.3) is 5.65 Å². The number of carbonyl (C=O) groups excluding carboxylic acids is 1. The number of ketones is 1. The number of carbonyl (C=O) groups is 1. The quantitative estimate of drug-likeness (QED) is 0.376. The second-order valence-electron chi connectivity index (χ2n) is 11.1. The highest BCUT2D eigenvalue weighted by atomic mass is 16.5. The summed E-state index contributed by atoms with van der Waals surface area (Å²) in [5.74, 6) is 1.17. The van der Waals surface area contributed by atoms with Crippen LogP contribution in [0.4, 0.5) is 5.69 Å². The largest absolute Gasteiger partial charge is 0.494 e. The second-order valence-corrected chi connectivity index (χ2v) is 11.1. The van der Waals surface area contributed by atoms with Crippen molar-refractivity contribution >= 4 is 17.1 Å². The summed E-state index contributed by atoms with van der Waals surface area (Å²) in [6, 6.07) is 7.46. The molecule has 1 aromatic carbocycles. The molecule has 1 N–H and O–H groups in total. The van der Waals surface area contributed by atoms with E-state index in [2.05, 4.69) is 35.9 Å². The zero-order valence-corrected chi connectivity index (χ0v) is 22.8. The Bertz CT molecular complexity index is 1360. The van der Waals surface area contributed by atoms with E-state index in [4.69, 9.17) is 19.6 Å². The predicted octanol–water partition coefficient (Wildman–Crippen LogP) is 2.80. The standard InChI is InChI=1S/C28H38N6O4/c1-28(2,3)21-16-19(17-22(26(21)36-4)32-12-14-37-15-13-32)23(35)18-33-25-11-10-24(30-34(25)27(29)31-33)38-20-8-6-5-7-9-20/h10-11,16-17,20,29H,5-9,12-15,18H2,1-4H3. The van der Waals surface area contributed by atoms with E-state index in [1.807, 2.05) is 18.2 Å². The lowest BCUT2D eigenvalue weighted by Gasteiger charge is -2.33. The summed E-state index contributed by atoms with van der Waals surface area (Å²) in [7, 11) is 1.68. The third-order valence-corrected chi connectivity index (χ3v) is 7.36. The Balaban J connectivity index is 1.45. The van der Waals surface area contributed by atoms with Gasteiger partial charge in [-0.2, -0.15) is 5.10 Å². The average molecular weight is 523 g/mol. The molecule has 3 heterocycles. The van der Waals surface area contributed by atoms with Crippen molar-refractivity contribution in [3.63, 3.8) is 0 Å². The maximum Gasteiger partial charge on any atom is 0.219 e. The minimum absolute atomic E-state index is 0.00858. The van der Waals surface area contributed by atoms with Gasteiger partial charge in [0.15, 0.2) is 12.2 Å². The van der Waals surface area contributed by atoms with Crippen molar-refractivity contribution in [2.24, 2.45) is 0 Å². The first-order valence-corrected chi connectivity index (χ1v) is 13.5. The zero-order chi connectivity index (χ0) is 26.9. The van der Waals surface area contributed by atoms with Gasteiger partial charge in [-0.25, -0.2) is 9.78 Å². The molecule has 5 rings (SSSR count). The van der Waals surface area contributed by atoms with Gasteiger partial charge >= 0.3 is 0 Å². The van der Waals surface area contributed by atoms with Crippen LogP contribution in [-0.4, -0.2) is 54.9 Å². The highest BCUT2D eigenvalue weighted by Gasteiger charge is 2.27. The van der Waals surface area contributed by atoms with Gasteiger partial charge in [0.25, 0.3) is 0 Å². The van der Waals surface area contributed by atoms with Gasteiger partial charge in [0, 0.05) is 30.3 Å². The van der Waals surface area contributed by atoms with Gasteiger partial charge in [0.05, 0.1) is 31.6 Å². The topological polar surface area (TPSA) is 107 Å². The molecule has 204 valence electrons. The molecule has 1 aliphatic heterocycles. The molecule has 0 radical (unpaired) electrons. The summed E-state index contributed by atoms with van der Waals surface area (Å²) >= 11 is 0. The lowest BCUT2D eigenvalue weighted by molar-refractivity contribution is -0.721. The fourth-order valence-corrected chi connectivity index (χ4v) is 5.30. The van der Waals surface area contributed by atoms with Gasteiger partial charge in [-0.15, -0.1) is 0 Å². The highest BCUT2D eigenvalue weighted by Crippen LogP contribution is 2.40. The number of rotatable bonds is 7. The molecule has 10 nitrogen and oxygen atoms in total. The zero-order valence-electron chi connectivity index (χ0n) is 22.8. The van der Waals surface area contributed by atoms with Crippen LogP contribution in [0.5, 0.6) is 11.6 Å². The molecule has 1 saturated heterocycles. The van der Waals surface area contributed by atoms with Gasteiger partial charge in [-0.1, -0.05) is 27.2 Å². The summed E-state index contributed by atoms with van der Waals surface area (Å²) in [6.07, 6.45) is 5.79. The van der Waals surface area contributed by atoms with Crippen LogP contribution >= 0.6 is 0 Å². The van der Waals surface area contributed by atoms with Gasteiger partial charge in [0.2, 0.25) is 11.7 Å². The summed E-state index contributed by atoms with van der Waals surface area (Å²) in [5, 5.41) is 17.2. The van der Waals surface area contributed by atoms with E-state index in [0.717, 1.165) is 42.9 Å². The molecule has 1 aliphatic carbocycles. The van der Waals surface area contributed by atoms with Gasteiger partial charge in [0.1, 0.15) is 11.9 Å². The van der Waals surface area contributed by atoms with Crippen LogP contribution in [0.15, 0.2) is 24.3 Å². The number of nitrogens with zero attached hydrogens (tertiary/aromatic N) is 5. The lowest BCUT2D eigenvalue weighted by Crippen LogP contribution is -2.43. The van der Waals surface area contributed by atoms with E-state index in [0.29, 0.717) is 30.3 Å². The maximum atomic E-state index is 13.7. The van der Waals surface area contributed by atoms with Crippen molar-refractivity contribution in [3.8, 4) is 11.6 Å². The van der Waals surface area contributed by atoms with Crippen LogP contribution in [0.1, 0.15) is 68.8 Å². The second kappa shape index (κ2) is 10.8. The molecular formula is C28H38N6O4. The molecule has 0 unspecified atom stereocenters. The SMILES string of the molecule is COc1c(N2CCOCC2)cc(C(=O)C[n+]2[n-]c(=N)n3nc(OC4CCCCC4)ccc32)cc1C(C)(C)C. The van der Waals surface area contributed by atoms with Crippen LogP contribution in [0.2, 0.25) is 0 Å². The number of methoxy groups -OCH3 is 1. The molecule has 0 spiro atoms. The number of morpholine rings is 1. The van der Waals surface area contributed by atoms with Crippen LogP contribution in [-0.2, 0) is 16.7 Å². The average Bonchev–Trinajstić information content (AvgIpc) is 3.22. The molecule has 38 heavy (non-hydrogen) atoms. The normalized spacial score (nSPS) is 17.1. The summed E-state index contributed by atoms with van der Waals surface area (Å²) in [6.45, 7) is 9.07. The van der Waals surface area contributed by atoms with Gasteiger partial charge in [-0.3, -0.25) is 9.31 Å². The summed E-state index contributed by atoms with van der Waals surface area (Å²) in [4.78, 5) is 15.9. The number of fused-ring (bicyclic) bond motifs is 1. The number of benzene rings is 1. The van der Waals surface area contributed by atoms with Crippen LogP contribution in [0.3, 0.4) is 0 Å². The van der Waals surface area contributed by atoms with E-state index in [-0.39, 0.29) is 29.5 Å². The van der Waals surface area contributed by atoms with E-state index in [9.17, 15) is 4.79 Å². The summed E-state index contributed by atoms with van der Waals surface area (Å²) < 4.78 is 20.5. The van der Waals surface area contributed by atoms with E-state index in [1.165, 1.54) is 28.5 Å². The summed E-state index contributed by atoms with van der Waals surface area (Å²) in [5.41, 5.74) is 2.75. The first-order valence-electron chi connectivity index (χ1n) is 13.5. The van der Waals surface area contributed by atoms with Gasteiger partial charge in [-0.05, 0) is 49.3 Å². The van der Waals surface area contributed by atoms with Crippen molar-refractivity contribution in [2.75, 3.05) is 38.3 Å². The number of nitrogens with one attached hydrogen (secondary N) is 1. The maximum absolute atomic E-state index is 13.7. The predicted molar refractivity (Wildman–Crippen MR) is 141 cm³/mol. The Morgan fingerprint density at radius 1 is 1.18 bits per heavy atom. The molecule has 2 fully saturated rings. The monoisotopic (exact) mass is 522 g/mol. The molecule has 0 amide bonds. The fourth-order valence-electron chi connectivity index (χ4n) is 5.30. The lowest BCUT2D eigenvalue weighted by atomic mass is 9.84. The van der Waals surface area contributed by atoms with Gasteiger partial charge < -0.3 is 24.5 Å². The first-order chi connectivity index (χ1) is 18.2. The van der Waals surface area contributed by atoms with Crippen LogP contribution < -0.4 is 29.8 Å². The molecule has 2 aromatic heterocycles. The van der Waals surface area contributed by atoms with E-state index >= 15 is 0 Å². The van der Waals surface area contributed by atoms with Crippen molar-refractivity contribution in [1.29, 1.82) is 5.41 Å². The first kappa shape index (κ1) is 26.2. The van der Waals surface area contributed by atoms with Crippen molar-refractivity contribution in [2.45, 2.75) is 70.9 Å². The number of aromatic nitrogens is 4. The van der Waals surface area contributed by atoms with E-state index in [1.54, 1.807) is 13.2 Å². The number of hydrogen-bond acceptors (Lipinski definition) is 7. The highest BCUT2D eigenvalue weighted by molar-refractivity contribution is 5.97. The Kier molecular flexibility index (Phi) is 7.43. The number of hydrogen-bond donors (Lipinski definition) is 1. The molecular weight excluding hydrogens is 484 g/mol. The minimum Gasteiger partial charge on any atom is -0.494 e. The Morgan fingerprint density at radius 2 is 1.92 bits per heavy atom. The number of Topliss-reactive ketones (excluding diaryl/α,β-unsaturated/α-hetero) is 1. The Labute approximate surface area is 223 Å². The molecule has 1 saturated carbocycles. The molecule has 2 aliphatic rings. The van der Waals surface area contributed by atoms with Crippen molar-refractivity contribution in [1.82, 2.24) is 14.7 Å². The minimum atomic E-state index is -0.232. The van der Waals surface area contributed by atoms with Crippen LogP contribution in [0, 0.1) is 5.41 Å². The third kappa shape index (κ3) is 5.41. The molecule has 10 heteroatoms.